The SMILES string of the molecule is C[C@H](CNC(=O)c1nc2cc3c(-c4ccncc4)[nH]n(CC(c4ccccc4)(c4ccccc4)c4ccccc4)c3cc2n1)c1ccccc1. The van der Waals surface area contributed by atoms with Crippen LogP contribution in [-0.2, 0) is 12.0 Å². The molecule has 1 atom stereocenters. The molecule has 0 saturated carbocycles. The Hall–Kier alpha value is -6.34. The van der Waals surface area contributed by atoms with Crippen LogP contribution in [0.25, 0.3) is 33.2 Å². The van der Waals surface area contributed by atoms with Gasteiger partial charge in [0.05, 0.1) is 34.2 Å². The normalized spacial score (nSPS) is 12.3. The van der Waals surface area contributed by atoms with Gasteiger partial charge in [0, 0.05) is 29.9 Å². The third kappa shape index (κ3) is 5.73. The lowest BCUT2D eigenvalue weighted by molar-refractivity contribution is 0.0942. The first-order valence-electron chi connectivity index (χ1n) is 16.9. The molecule has 5 aromatic carbocycles. The summed E-state index contributed by atoms with van der Waals surface area (Å²) in [5.41, 5.74) is 8.39. The zero-order valence-corrected chi connectivity index (χ0v) is 27.7. The summed E-state index contributed by atoms with van der Waals surface area (Å²) in [5, 5.41) is 7.80. The molecule has 2 N–H and O–H groups in total. The first-order chi connectivity index (χ1) is 24.6. The predicted molar refractivity (Wildman–Crippen MR) is 199 cm³/mol. The molecule has 8 rings (SSSR count). The van der Waals surface area contributed by atoms with E-state index in [1.54, 1.807) is 12.4 Å². The Morgan fingerprint density at radius 1 is 0.720 bits per heavy atom. The third-order valence-corrected chi connectivity index (χ3v) is 9.66. The Labute approximate surface area is 290 Å². The van der Waals surface area contributed by atoms with Crippen molar-refractivity contribution in [2.75, 3.05) is 6.54 Å². The van der Waals surface area contributed by atoms with Crippen LogP contribution >= 0.6 is 0 Å². The standard InChI is InChI=1S/C43H36N6O/c1-30(31-14-6-2-7-15-31)28-45-42(50)41-46-37-26-36-39(27-38(37)47-41)49(48-40(36)32-22-24-44-25-23-32)29-43(33-16-8-3-9-17-33,34-18-10-4-11-19-34)35-20-12-5-13-21-35/h2-27,30,48H,28-29H2,1H3,(H,45,50)/t30-/m1/s1. The summed E-state index contributed by atoms with van der Waals surface area (Å²) in [5.74, 6) is 0.0411. The van der Waals surface area contributed by atoms with Gasteiger partial charge in [-0.05, 0) is 52.4 Å². The summed E-state index contributed by atoms with van der Waals surface area (Å²) in [7, 11) is 0. The summed E-state index contributed by atoms with van der Waals surface area (Å²) < 4.78 is 2.22. The van der Waals surface area contributed by atoms with E-state index in [1.165, 1.54) is 22.3 Å². The number of nitrogens with one attached hydrogen (secondary N) is 2. The number of aromatic amines is 1. The number of hydrogen-bond acceptors (Lipinski definition) is 4. The van der Waals surface area contributed by atoms with Crippen LogP contribution in [0.15, 0.2) is 158 Å². The molecule has 0 unspecified atom stereocenters. The number of imidazole rings is 1. The molecule has 0 spiro atoms. The van der Waals surface area contributed by atoms with Crippen LogP contribution in [0.5, 0.6) is 0 Å². The summed E-state index contributed by atoms with van der Waals surface area (Å²) in [4.78, 5) is 27.1. The monoisotopic (exact) mass is 652 g/mol. The van der Waals surface area contributed by atoms with Gasteiger partial charge in [0.15, 0.2) is 0 Å². The molecule has 7 heteroatoms. The Morgan fingerprint density at radius 2 is 1.24 bits per heavy atom. The number of nitrogens with zero attached hydrogens (tertiary/aromatic N) is 4. The van der Waals surface area contributed by atoms with Crippen molar-refractivity contribution >= 4 is 27.8 Å². The quantitative estimate of drug-likeness (QED) is 0.145. The summed E-state index contributed by atoms with van der Waals surface area (Å²) in [6.45, 7) is 3.15. The molecule has 0 aliphatic heterocycles. The van der Waals surface area contributed by atoms with Gasteiger partial charge in [-0.1, -0.05) is 128 Å². The van der Waals surface area contributed by atoms with Crippen LogP contribution in [0.2, 0.25) is 0 Å². The first-order valence-corrected chi connectivity index (χ1v) is 16.9. The number of amides is 1. The van der Waals surface area contributed by atoms with Gasteiger partial charge in [0.1, 0.15) is 0 Å². The second-order valence-corrected chi connectivity index (χ2v) is 12.7. The molecule has 3 aromatic heterocycles. The van der Waals surface area contributed by atoms with Crippen molar-refractivity contribution in [2.45, 2.75) is 24.8 Å². The molecule has 7 nitrogen and oxygen atoms in total. The molecule has 0 fully saturated rings. The van der Waals surface area contributed by atoms with Crippen molar-refractivity contribution in [1.29, 1.82) is 0 Å². The van der Waals surface area contributed by atoms with E-state index in [-0.39, 0.29) is 17.6 Å². The van der Waals surface area contributed by atoms with Gasteiger partial charge in [-0.2, -0.15) is 0 Å². The smallest absolute Gasteiger partial charge is 0.289 e. The summed E-state index contributed by atoms with van der Waals surface area (Å²) >= 11 is 0. The van der Waals surface area contributed by atoms with Crippen molar-refractivity contribution in [3.63, 3.8) is 0 Å². The van der Waals surface area contributed by atoms with Gasteiger partial charge < -0.3 is 5.32 Å². The van der Waals surface area contributed by atoms with Crippen molar-refractivity contribution in [3.8, 4) is 11.3 Å². The number of aromatic nitrogens is 5. The second-order valence-electron chi connectivity index (χ2n) is 12.7. The minimum Gasteiger partial charge on any atom is -0.349 e. The van der Waals surface area contributed by atoms with E-state index in [1.807, 2.05) is 42.5 Å². The highest BCUT2D eigenvalue weighted by Crippen LogP contribution is 2.42. The lowest BCUT2D eigenvalue weighted by Gasteiger charge is -2.36. The van der Waals surface area contributed by atoms with E-state index in [9.17, 15) is 4.79 Å². The minimum absolute atomic E-state index is 0.157. The summed E-state index contributed by atoms with van der Waals surface area (Å²) in [6.07, 6.45) is 3.60. The predicted octanol–water partition coefficient (Wildman–Crippen LogP) is 8.54. The van der Waals surface area contributed by atoms with Gasteiger partial charge in [-0.25, -0.2) is 9.97 Å². The van der Waals surface area contributed by atoms with E-state index in [4.69, 9.17) is 9.97 Å². The number of H-pyrrole nitrogens is 1. The molecule has 244 valence electrons. The fourth-order valence-corrected chi connectivity index (χ4v) is 7.05. The topological polar surface area (TPSA) is 88.5 Å². The van der Waals surface area contributed by atoms with Crippen molar-refractivity contribution in [1.82, 2.24) is 30.0 Å². The Kier molecular flexibility index (Phi) is 8.22. The molecule has 0 radical (unpaired) electrons. The van der Waals surface area contributed by atoms with E-state index in [0.29, 0.717) is 24.1 Å². The molecule has 3 heterocycles. The second kappa shape index (κ2) is 13.3. The van der Waals surface area contributed by atoms with Crippen molar-refractivity contribution < 1.29 is 4.79 Å². The molecule has 0 aliphatic rings. The number of rotatable bonds is 10. The maximum Gasteiger partial charge on any atom is 0.289 e. The molecule has 0 aliphatic carbocycles. The molecule has 1 amide bonds. The Bertz CT molecular complexity index is 2270. The first kappa shape index (κ1) is 31.0. The van der Waals surface area contributed by atoms with Gasteiger partial charge >= 0.3 is 0 Å². The molecule has 0 bridgehead atoms. The van der Waals surface area contributed by atoms with Gasteiger partial charge in [0.2, 0.25) is 5.82 Å². The molecule has 0 saturated heterocycles. The molecular formula is C43H36N6O. The summed E-state index contributed by atoms with van der Waals surface area (Å²) in [6, 6.07) is 50.3. The van der Waals surface area contributed by atoms with Crippen LogP contribution < -0.4 is 5.32 Å². The number of benzene rings is 5. The highest BCUT2D eigenvalue weighted by molar-refractivity contribution is 6.03. The fraction of sp³-hybridized carbons (Fsp3) is 0.116. The van der Waals surface area contributed by atoms with Crippen molar-refractivity contribution in [3.05, 3.63) is 186 Å². The highest BCUT2D eigenvalue weighted by Gasteiger charge is 2.37. The Balaban J connectivity index is 1.26. The van der Waals surface area contributed by atoms with E-state index >= 15 is 0 Å². The van der Waals surface area contributed by atoms with Crippen LogP contribution in [0.4, 0.5) is 0 Å². The lowest BCUT2D eigenvalue weighted by Crippen LogP contribution is -2.35. The van der Waals surface area contributed by atoms with Crippen LogP contribution in [0.1, 0.15) is 45.7 Å². The van der Waals surface area contributed by atoms with Crippen LogP contribution in [-0.4, -0.2) is 37.2 Å². The largest absolute Gasteiger partial charge is 0.349 e. The van der Waals surface area contributed by atoms with Crippen molar-refractivity contribution in [2.24, 2.45) is 0 Å². The number of fused-ring (bicyclic) bond motifs is 2. The number of hydrogen-bond donors (Lipinski definition) is 2. The van der Waals surface area contributed by atoms with E-state index in [2.05, 4.69) is 130 Å². The molecular weight excluding hydrogens is 617 g/mol. The average Bonchev–Trinajstić information content (AvgIpc) is 3.77. The maximum absolute atomic E-state index is 13.3. The molecule has 8 aromatic rings. The fourth-order valence-electron chi connectivity index (χ4n) is 7.05. The number of pyridine rings is 1. The lowest BCUT2D eigenvalue weighted by atomic mass is 9.69. The van der Waals surface area contributed by atoms with E-state index in [0.717, 1.165) is 22.2 Å². The highest BCUT2D eigenvalue weighted by atomic mass is 16.2. The zero-order chi connectivity index (χ0) is 33.9. The van der Waals surface area contributed by atoms with Crippen LogP contribution in [0.3, 0.4) is 0 Å². The number of carbonyl (C=O) groups excluding carboxylic acids is 1. The minimum atomic E-state index is -0.547. The Morgan fingerprint density at radius 3 is 1.80 bits per heavy atom. The zero-order valence-electron chi connectivity index (χ0n) is 27.7. The van der Waals surface area contributed by atoms with E-state index < -0.39 is 5.41 Å². The van der Waals surface area contributed by atoms with Gasteiger partial charge in [-0.3, -0.25) is 19.6 Å². The third-order valence-electron chi connectivity index (χ3n) is 9.66. The maximum atomic E-state index is 13.3. The van der Waals surface area contributed by atoms with Crippen LogP contribution in [0, 0.1) is 0 Å². The number of carbonyl (C=O) groups is 1. The van der Waals surface area contributed by atoms with Gasteiger partial charge in [0.25, 0.3) is 5.91 Å². The average molecular weight is 653 g/mol. The molecule has 50 heavy (non-hydrogen) atoms. The van der Waals surface area contributed by atoms with Gasteiger partial charge in [-0.15, -0.1) is 0 Å².